The molecular weight excluding hydrogens is 288 g/mol. The Hall–Kier alpha value is -0.250. The molecule has 1 saturated heterocycles. The first-order valence-electron chi connectivity index (χ1n) is 6.74. The van der Waals surface area contributed by atoms with Gasteiger partial charge in [0, 0.05) is 11.0 Å². The molecule has 0 spiro atoms. The highest BCUT2D eigenvalue weighted by molar-refractivity contribution is 8.19. The number of rotatable bonds is 4. The normalized spacial score (nSPS) is 23.0. The summed E-state index contributed by atoms with van der Waals surface area (Å²) in [5.74, 6) is 2.30. The minimum Gasteiger partial charge on any atom is -0.179 e. The predicted octanol–water partition coefficient (Wildman–Crippen LogP) is 5.40. The van der Waals surface area contributed by atoms with E-state index >= 15 is 0 Å². The van der Waals surface area contributed by atoms with E-state index in [9.17, 15) is 0 Å². The number of hydrogen-bond acceptors (Lipinski definition) is 3. The van der Waals surface area contributed by atoms with Gasteiger partial charge in [0.25, 0.3) is 0 Å². The largest absolute Gasteiger partial charge is 0.179 e. The SMILES string of the molecule is SCCCC1CS[C@H](c2cccc3ccccc23)S1. The molecule has 0 saturated carbocycles. The van der Waals surface area contributed by atoms with Crippen molar-refractivity contribution >= 4 is 46.9 Å². The molecule has 100 valence electrons. The molecule has 1 heterocycles. The fourth-order valence-electron chi connectivity index (χ4n) is 2.54. The van der Waals surface area contributed by atoms with Crippen molar-refractivity contribution in [3.8, 4) is 0 Å². The Kier molecular flexibility index (Phi) is 4.67. The zero-order valence-electron chi connectivity index (χ0n) is 10.8. The van der Waals surface area contributed by atoms with E-state index in [1.165, 1.54) is 34.9 Å². The van der Waals surface area contributed by atoms with Gasteiger partial charge in [-0.15, -0.1) is 23.5 Å². The Morgan fingerprint density at radius 1 is 1.11 bits per heavy atom. The predicted molar refractivity (Wildman–Crippen MR) is 93.6 cm³/mol. The third kappa shape index (κ3) is 3.09. The number of fused-ring (bicyclic) bond motifs is 1. The quantitative estimate of drug-likeness (QED) is 0.751. The van der Waals surface area contributed by atoms with Gasteiger partial charge in [0.2, 0.25) is 0 Å². The van der Waals surface area contributed by atoms with E-state index in [2.05, 4.69) is 78.6 Å². The van der Waals surface area contributed by atoms with E-state index in [0.717, 1.165) is 11.0 Å². The second-order valence-electron chi connectivity index (χ2n) is 4.86. The third-order valence-electron chi connectivity index (χ3n) is 3.51. The highest BCUT2D eigenvalue weighted by Crippen LogP contribution is 2.51. The van der Waals surface area contributed by atoms with Gasteiger partial charge in [0.15, 0.2) is 0 Å². The van der Waals surface area contributed by atoms with Gasteiger partial charge in [0.1, 0.15) is 0 Å². The lowest BCUT2D eigenvalue weighted by Gasteiger charge is -2.13. The summed E-state index contributed by atoms with van der Waals surface area (Å²) >= 11 is 8.57. The Morgan fingerprint density at radius 2 is 1.95 bits per heavy atom. The van der Waals surface area contributed by atoms with Crippen molar-refractivity contribution in [2.24, 2.45) is 0 Å². The minimum atomic E-state index is 0.607. The van der Waals surface area contributed by atoms with Crippen LogP contribution in [0.1, 0.15) is 23.0 Å². The maximum atomic E-state index is 4.32. The summed E-state index contributed by atoms with van der Waals surface area (Å²) in [6.07, 6.45) is 2.55. The Bertz CT molecular complexity index is 547. The van der Waals surface area contributed by atoms with Crippen LogP contribution in [0.5, 0.6) is 0 Å². The van der Waals surface area contributed by atoms with E-state index in [4.69, 9.17) is 0 Å². The number of thiol groups is 1. The highest BCUT2D eigenvalue weighted by atomic mass is 32.2. The van der Waals surface area contributed by atoms with Gasteiger partial charge in [-0.3, -0.25) is 0 Å². The molecule has 2 aromatic carbocycles. The molecule has 0 aliphatic carbocycles. The van der Waals surface area contributed by atoms with Crippen molar-refractivity contribution in [2.75, 3.05) is 11.5 Å². The molecule has 0 nitrogen and oxygen atoms in total. The smallest absolute Gasteiger partial charge is 0.0760 e. The first-order valence-corrected chi connectivity index (χ1v) is 9.36. The van der Waals surface area contributed by atoms with Crippen LogP contribution >= 0.6 is 36.2 Å². The lowest BCUT2D eigenvalue weighted by Crippen LogP contribution is -2.00. The molecule has 2 atom stereocenters. The molecule has 1 aliphatic heterocycles. The zero-order valence-corrected chi connectivity index (χ0v) is 13.3. The van der Waals surface area contributed by atoms with Crippen LogP contribution in [0.2, 0.25) is 0 Å². The van der Waals surface area contributed by atoms with Crippen molar-refractivity contribution in [3.05, 3.63) is 48.0 Å². The molecule has 3 heteroatoms. The van der Waals surface area contributed by atoms with Crippen molar-refractivity contribution in [2.45, 2.75) is 22.7 Å². The van der Waals surface area contributed by atoms with Crippen molar-refractivity contribution in [1.29, 1.82) is 0 Å². The monoisotopic (exact) mass is 306 g/mol. The van der Waals surface area contributed by atoms with E-state index < -0.39 is 0 Å². The first kappa shape index (κ1) is 13.7. The molecule has 2 aromatic rings. The number of benzene rings is 2. The molecule has 3 rings (SSSR count). The molecule has 0 N–H and O–H groups in total. The maximum absolute atomic E-state index is 4.32. The summed E-state index contributed by atoms with van der Waals surface area (Å²) in [6.45, 7) is 0. The van der Waals surface area contributed by atoms with Crippen molar-refractivity contribution in [1.82, 2.24) is 0 Å². The van der Waals surface area contributed by atoms with E-state index in [0.29, 0.717) is 4.58 Å². The van der Waals surface area contributed by atoms with E-state index in [1.807, 2.05) is 0 Å². The highest BCUT2D eigenvalue weighted by Gasteiger charge is 2.27. The van der Waals surface area contributed by atoms with Gasteiger partial charge in [-0.2, -0.15) is 12.6 Å². The molecule has 1 aliphatic rings. The summed E-state index contributed by atoms with van der Waals surface area (Å²) in [7, 11) is 0. The molecule has 1 fully saturated rings. The summed E-state index contributed by atoms with van der Waals surface area (Å²) in [5.41, 5.74) is 1.50. The van der Waals surface area contributed by atoms with Gasteiger partial charge in [-0.25, -0.2) is 0 Å². The van der Waals surface area contributed by atoms with Gasteiger partial charge in [-0.1, -0.05) is 42.5 Å². The van der Waals surface area contributed by atoms with Crippen LogP contribution in [0.25, 0.3) is 10.8 Å². The summed E-state index contributed by atoms with van der Waals surface area (Å²) in [6, 6.07) is 15.4. The standard InChI is InChI=1S/C16H18S3/c17-10-4-7-13-11-18-16(19-13)15-9-3-6-12-5-1-2-8-14(12)15/h1-3,5-6,8-9,13,16-17H,4,7,10-11H2/t13?,16-/m0/s1. The fourth-order valence-corrected chi connectivity index (χ4v) is 6.24. The number of thioether (sulfide) groups is 2. The Morgan fingerprint density at radius 3 is 2.84 bits per heavy atom. The lowest BCUT2D eigenvalue weighted by molar-refractivity contribution is 0.807. The van der Waals surface area contributed by atoms with Gasteiger partial charge in [0.05, 0.1) is 4.58 Å². The molecule has 0 bridgehead atoms. The van der Waals surface area contributed by atoms with Crippen LogP contribution in [0.3, 0.4) is 0 Å². The third-order valence-corrected chi connectivity index (χ3v) is 7.22. The molecule has 0 aromatic heterocycles. The van der Waals surface area contributed by atoms with Gasteiger partial charge in [-0.05, 0) is 34.9 Å². The molecule has 0 radical (unpaired) electrons. The lowest BCUT2D eigenvalue weighted by atomic mass is 10.1. The van der Waals surface area contributed by atoms with Crippen molar-refractivity contribution in [3.63, 3.8) is 0 Å². The van der Waals surface area contributed by atoms with Gasteiger partial charge < -0.3 is 0 Å². The Labute approximate surface area is 129 Å². The van der Waals surface area contributed by atoms with E-state index in [1.54, 1.807) is 0 Å². The Balaban J connectivity index is 1.82. The second kappa shape index (κ2) is 6.47. The van der Waals surface area contributed by atoms with Crippen LogP contribution in [0.15, 0.2) is 42.5 Å². The topological polar surface area (TPSA) is 0 Å². The van der Waals surface area contributed by atoms with E-state index in [-0.39, 0.29) is 0 Å². The summed E-state index contributed by atoms with van der Waals surface area (Å²) < 4.78 is 0.607. The average molecular weight is 307 g/mol. The van der Waals surface area contributed by atoms with Crippen LogP contribution < -0.4 is 0 Å². The minimum absolute atomic E-state index is 0.607. The summed E-state index contributed by atoms with van der Waals surface area (Å²) in [4.78, 5) is 0. The zero-order chi connectivity index (χ0) is 13.1. The fraction of sp³-hybridized carbons (Fsp3) is 0.375. The molecule has 1 unspecified atom stereocenters. The van der Waals surface area contributed by atoms with Crippen LogP contribution in [0, 0.1) is 0 Å². The van der Waals surface area contributed by atoms with Gasteiger partial charge >= 0.3 is 0 Å². The van der Waals surface area contributed by atoms with Crippen molar-refractivity contribution < 1.29 is 0 Å². The van der Waals surface area contributed by atoms with Crippen LogP contribution in [0.4, 0.5) is 0 Å². The average Bonchev–Trinajstić information content (AvgIpc) is 2.93. The number of hydrogen-bond donors (Lipinski definition) is 1. The summed E-state index contributed by atoms with van der Waals surface area (Å²) in [5, 5.41) is 3.59. The molecule has 0 amide bonds. The first-order chi connectivity index (χ1) is 9.38. The van der Waals surface area contributed by atoms with Crippen LogP contribution in [-0.4, -0.2) is 16.8 Å². The second-order valence-corrected chi connectivity index (χ2v) is 8.15. The van der Waals surface area contributed by atoms with Crippen LogP contribution in [-0.2, 0) is 0 Å². The maximum Gasteiger partial charge on any atom is 0.0760 e. The molecular formula is C16H18S3. The molecule has 19 heavy (non-hydrogen) atoms.